The maximum Gasteiger partial charge on any atom is 0.316 e. The molecule has 0 saturated carbocycles. The number of fused-ring (bicyclic) bond motifs is 1. The van der Waals surface area contributed by atoms with Crippen molar-refractivity contribution in [2.75, 3.05) is 24.3 Å². The van der Waals surface area contributed by atoms with Gasteiger partial charge in [0.25, 0.3) is 5.91 Å². The predicted molar refractivity (Wildman–Crippen MR) is 108 cm³/mol. The minimum Gasteiger partial charge on any atom is -0.376 e. The minimum absolute atomic E-state index is 0.231. The van der Waals surface area contributed by atoms with Gasteiger partial charge in [-0.25, -0.2) is 0 Å². The zero-order valence-electron chi connectivity index (χ0n) is 16.0. The molecule has 0 aliphatic rings. The van der Waals surface area contributed by atoms with Crippen LogP contribution in [0.25, 0.3) is 11.0 Å². The fourth-order valence-corrected chi connectivity index (χ4v) is 3.10. The third kappa shape index (κ3) is 3.12. The minimum atomic E-state index is -0.612. The number of anilines is 2. The lowest BCUT2D eigenvalue weighted by Gasteiger charge is -2.21. The van der Waals surface area contributed by atoms with Crippen molar-refractivity contribution in [1.82, 2.24) is 9.13 Å². The average Bonchev–Trinajstić information content (AvgIpc) is 2.64. The van der Waals surface area contributed by atoms with Crippen molar-refractivity contribution in [3.8, 4) is 0 Å². The number of nitrogens with one attached hydrogen (secondary N) is 1. The molecule has 0 fully saturated rings. The largest absolute Gasteiger partial charge is 0.376 e. The Hall–Kier alpha value is -3.35. The van der Waals surface area contributed by atoms with Gasteiger partial charge in [-0.05, 0) is 30.7 Å². The lowest BCUT2D eigenvalue weighted by Crippen LogP contribution is -2.39. The number of benzene rings is 2. The summed E-state index contributed by atoms with van der Waals surface area (Å²) in [6.07, 6.45) is 0. The van der Waals surface area contributed by atoms with Crippen LogP contribution in [0.1, 0.15) is 15.9 Å². The molecular weight excluding hydrogens is 344 g/mol. The Bertz CT molecular complexity index is 1170. The highest BCUT2D eigenvalue weighted by atomic mass is 16.2. The highest BCUT2D eigenvalue weighted by Crippen LogP contribution is 2.29. The molecule has 0 bridgehead atoms. The summed E-state index contributed by atoms with van der Waals surface area (Å²) in [5, 5.41) is 2.94. The summed E-state index contributed by atoms with van der Waals surface area (Å²) in [6, 6.07) is 10.9. The van der Waals surface area contributed by atoms with Gasteiger partial charge in [0.15, 0.2) is 0 Å². The zero-order valence-corrected chi connectivity index (χ0v) is 16.0. The van der Waals surface area contributed by atoms with E-state index in [0.29, 0.717) is 22.3 Å². The van der Waals surface area contributed by atoms with Gasteiger partial charge in [0.1, 0.15) is 0 Å². The van der Waals surface area contributed by atoms with E-state index in [1.165, 1.54) is 9.13 Å². The quantitative estimate of drug-likeness (QED) is 0.718. The number of aryl methyl sites for hydroxylation is 3. The molecule has 27 heavy (non-hydrogen) atoms. The first-order chi connectivity index (χ1) is 12.7. The molecular formula is C20H22N4O3. The van der Waals surface area contributed by atoms with Crippen LogP contribution in [0.4, 0.5) is 11.4 Å². The maximum absolute atomic E-state index is 12.8. The van der Waals surface area contributed by atoms with Crippen LogP contribution in [-0.2, 0) is 14.1 Å². The van der Waals surface area contributed by atoms with E-state index in [-0.39, 0.29) is 5.91 Å². The van der Waals surface area contributed by atoms with Crippen molar-refractivity contribution >= 4 is 28.3 Å². The van der Waals surface area contributed by atoms with Crippen molar-refractivity contribution < 1.29 is 4.79 Å². The van der Waals surface area contributed by atoms with Gasteiger partial charge in [-0.15, -0.1) is 0 Å². The van der Waals surface area contributed by atoms with Crippen LogP contribution in [0.2, 0.25) is 0 Å². The predicted octanol–water partition coefficient (Wildman–Crippen LogP) is 1.86. The summed E-state index contributed by atoms with van der Waals surface area (Å²) < 4.78 is 2.64. The van der Waals surface area contributed by atoms with Crippen LogP contribution in [-0.4, -0.2) is 29.1 Å². The van der Waals surface area contributed by atoms with Crippen molar-refractivity contribution in [3.05, 3.63) is 68.2 Å². The third-order valence-corrected chi connectivity index (χ3v) is 4.73. The Morgan fingerprint density at radius 3 is 2.07 bits per heavy atom. The Morgan fingerprint density at radius 1 is 0.963 bits per heavy atom. The molecule has 0 aliphatic carbocycles. The molecule has 1 aromatic heterocycles. The van der Waals surface area contributed by atoms with Gasteiger partial charge in [0, 0.05) is 33.8 Å². The smallest absolute Gasteiger partial charge is 0.316 e. The second-order valence-corrected chi connectivity index (χ2v) is 6.75. The maximum atomic E-state index is 12.8. The van der Waals surface area contributed by atoms with Gasteiger partial charge in [0.2, 0.25) is 0 Å². The van der Waals surface area contributed by atoms with Crippen LogP contribution in [0, 0.1) is 6.92 Å². The molecule has 0 radical (unpaired) electrons. The first-order valence-electron chi connectivity index (χ1n) is 8.50. The van der Waals surface area contributed by atoms with Gasteiger partial charge in [-0.1, -0.05) is 18.2 Å². The normalized spacial score (nSPS) is 10.9. The molecule has 1 heterocycles. The Labute approximate surface area is 156 Å². The number of hydrogen-bond donors (Lipinski definition) is 1. The molecule has 0 saturated heterocycles. The van der Waals surface area contributed by atoms with E-state index in [9.17, 15) is 14.4 Å². The number of nitrogens with zero attached hydrogens (tertiary/aromatic N) is 3. The number of rotatable bonds is 3. The number of amides is 1. The average molecular weight is 366 g/mol. The van der Waals surface area contributed by atoms with E-state index in [2.05, 4.69) is 5.32 Å². The summed E-state index contributed by atoms with van der Waals surface area (Å²) in [5.41, 5.74) is 2.72. The first-order valence-corrected chi connectivity index (χ1v) is 8.50. The highest BCUT2D eigenvalue weighted by molar-refractivity contribution is 6.08. The molecule has 3 aromatic rings. The van der Waals surface area contributed by atoms with Gasteiger partial charge in [0.05, 0.1) is 22.4 Å². The van der Waals surface area contributed by atoms with Crippen molar-refractivity contribution in [3.63, 3.8) is 0 Å². The summed E-state index contributed by atoms with van der Waals surface area (Å²) in [7, 11) is 6.82. The molecule has 1 N–H and O–H groups in total. The molecule has 140 valence electrons. The van der Waals surface area contributed by atoms with Gasteiger partial charge in [-0.2, -0.15) is 0 Å². The van der Waals surface area contributed by atoms with Crippen molar-refractivity contribution in [2.45, 2.75) is 6.92 Å². The first kappa shape index (κ1) is 18.4. The van der Waals surface area contributed by atoms with E-state index in [0.717, 1.165) is 11.3 Å². The van der Waals surface area contributed by atoms with E-state index in [1.807, 2.05) is 44.1 Å². The summed E-state index contributed by atoms with van der Waals surface area (Å²) >= 11 is 0. The molecule has 0 unspecified atom stereocenters. The van der Waals surface area contributed by atoms with E-state index in [1.54, 1.807) is 32.3 Å². The number of aromatic nitrogens is 2. The number of hydrogen-bond acceptors (Lipinski definition) is 4. The third-order valence-electron chi connectivity index (χ3n) is 4.73. The van der Waals surface area contributed by atoms with E-state index >= 15 is 0 Å². The summed E-state index contributed by atoms with van der Waals surface area (Å²) in [5.74, 6) is -0.231. The molecule has 7 heteroatoms. The van der Waals surface area contributed by atoms with Crippen LogP contribution in [0.5, 0.6) is 0 Å². The number of carbonyl (C=O) groups excluding carboxylic acids is 1. The monoisotopic (exact) mass is 366 g/mol. The summed E-state index contributed by atoms with van der Waals surface area (Å²) in [4.78, 5) is 38.9. The molecule has 1 amide bonds. The lowest BCUT2D eigenvalue weighted by molar-refractivity contribution is 0.102. The van der Waals surface area contributed by atoms with Crippen molar-refractivity contribution in [1.29, 1.82) is 0 Å². The zero-order chi connectivity index (χ0) is 19.9. The van der Waals surface area contributed by atoms with Crippen LogP contribution >= 0.6 is 0 Å². The topological polar surface area (TPSA) is 76.3 Å². The Morgan fingerprint density at radius 2 is 1.52 bits per heavy atom. The summed E-state index contributed by atoms with van der Waals surface area (Å²) in [6.45, 7) is 1.88. The number of carbonyl (C=O) groups is 1. The molecule has 7 nitrogen and oxygen atoms in total. The van der Waals surface area contributed by atoms with Crippen LogP contribution in [0.3, 0.4) is 0 Å². The van der Waals surface area contributed by atoms with Crippen LogP contribution < -0.4 is 21.3 Å². The lowest BCUT2D eigenvalue weighted by atomic mass is 10.1. The Kier molecular flexibility index (Phi) is 4.61. The van der Waals surface area contributed by atoms with E-state index in [4.69, 9.17) is 0 Å². The Balaban J connectivity index is 2.22. The molecule has 0 atom stereocenters. The molecule has 0 aliphatic heterocycles. The molecule has 3 rings (SSSR count). The van der Waals surface area contributed by atoms with E-state index < -0.39 is 11.1 Å². The van der Waals surface area contributed by atoms with Crippen molar-refractivity contribution in [2.24, 2.45) is 14.1 Å². The second-order valence-electron chi connectivity index (χ2n) is 6.75. The fraction of sp³-hybridized carbons (Fsp3) is 0.250. The highest BCUT2D eigenvalue weighted by Gasteiger charge is 2.16. The fourth-order valence-electron chi connectivity index (χ4n) is 3.10. The van der Waals surface area contributed by atoms with Gasteiger partial charge < -0.3 is 19.4 Å². The molecule has 2 aromatic carbocycles. The van der Waals surface area contributed by atoms with Gasteiger partial charge in [-0.3, -0.25) is 14.4 Å². The standard InChI is InChI=1S/C20H22N4O3/c1-12-8-6-7-9-13(12)18(25)21-14-10-16-17(11-15(14)22(2)3)24(5)20(27)19(26)23(16)4/h6-11H,1-5H3,(H,21,25). The van der Waals surface area contributed by atoms with Crippen LogP contribution in [0.15, 0.2) is 46.0 Å². The SMILES string of the molecule is Cc1ccccc1C(=O)Nc1cc2c(cc1N(C)C)n(C)c(=O)c(=O)n2C. The second kappa shape index (κ2) is 6.75. The van der Waals surface area contributed by atoms with Gasteiger partial charge >= 0.3 is 11.1 Å². The molecule has 0 spiro atoms.